The number of carbonyl (C=O) groups is 2. The highest BCUT2D eigenvalue weighted by Crippen LogP contribution is 2.43. The molecule has 3 N–H and O–H groups in total. The molecule has 0 aliphatic heterocycles. The molecule has 2 amide bonds. The number of aromatic nitrogens is 3. The molecule has 0 saturated heterocycles. The van der Waals surface area contributed by atoms with Crippen LogP contribution in [0.4, 0.5) is 33.7 Å². The zero-order chi connectivity index (χ0) is 39.6. The summed E-state index contributed by atoms with van der Waals surface area (Å²) >= 11 is -1.71. The van der Waals surface area contributed by atoms with Gasteiger partial charge in [0.2, 0.25) is 0 Å². The Morgan fingerprint density at radius 1 is 0.981 bits per heavy atom. The fourth-order valence-corrected chi connectivity index (χ4v) is 6.49. The summed E-state index contributed by atoms with van der Waals surface area (Å²) in [7, 11) is 0. The van der Waals surface area contributed by atoms with Crippen LogP contribution in [0.15, 0.2) is 66.7 Å². The Bertz CT molecular complexity index is 2070. The molecule has 54 heavy (non-hydrogen) atoms. The molecule has 2 aromatic heterocycles. The van der Waals surface area contributed by atoms with Crippen molar-refractivity contribution in [3.63, 3.8) is 0 Å². The van der Waals surface area contributed by atoms with Gasteiger partial charge in [-0.05, 0) is 108 Å². The number of anilines is 2. The maximum atomic E-state index is 15.6. The van der Waals surface area contributed by atoms with E-state index in [4.69, 9.17) is 4.74 Å². The molecule has 2 heterocycles. The molecule has 5 rings (SSSR count). The molecule has 1 aliphatic carbocycles. The van der Waals surface area contributed by atoms with E-state index in [1.54, 1.807) is 53.7 Å². The average Bonchev–Trinajstić information content (AvgIpc) is 3.79. The van der Waals surface area contributed by atoms with Crippen LogP contribution in [0.3, 0.4) is 0 Å². The SMILES string of the molecule is CC(C)(C)OC(=O)Nc1cccc(-n2nc(C(F)(F)F)cc2C(=O)Nc2cc(C(CCC3CC3)(N[S@+]([O-])C(C)(C)C)c3cccc(C#N)n3)ccc2F)c1. The average molecular weight is 768 g/mol. The number of nitriles is 1. The summed E-state index contributed by atoms with van der Waals surface area (Å²) in [6.07, 6.45) is -2.74. The van der Waals surface area contributed by atoms with Gasteiger partial charge in [-0.25, -0.2) is 18.9 Å². The van der Waals surface area contributed by atoms with Gasteiger partial charge in [-0.1, -0.05) is 31.0 Å². The molecule has 1 saturated carbocycles. The zero-order valence-corrected chi connectivity index (χ0v) is 31.4. The molecule has 4 aromatic rings. The molecule has 11 nitrogen and oxygen atoms in total. The summed E-state index contributed by atoms with van der Waals surface area (Å²) in [4.78, 5) is 30.8. The summed E-state index contributed by atoms with van der Waals surface area (Å²) in [5.74, 6) is -1.63. The van der Waals surface area contributed by atoms with E-state index in [2.05, 4.69) is 25.4 Å². The number of hydrogen-bond donors (Lipinski definition) is 3. The second kappa shape index (κ2) is 15.4. The van der Waals surface area contributed by atoms with Gasteiger partial charge in [-0.3, -0.25) is 10.1 Å². The van der Waals surface area contributed by atoms with Crippen molar-refractivity contribution >= 4 is 34.7 Å². The van der Waals surface area contributed by atoms with E-state index >= 15 is 4.39 Å². The van der Waals surface area contributed by atoms with Crippen LogP contribution in [0.1, 0.15) is 100 Å². The lowest BCUT2D eigenvalue weighted by Crippen LogP contribution is -2.52. The maximum Gasteiger partial charge on any atom is 0.435 e. The van der Waals surface area contributed by atoms with Gasteiger partial charge in [0.25, 0.3) is 5.91 Å². The highest BCUT2D eigenvalue weighted by Gasteiger charge is 2.45. The van der Waals surface area contributed by atoms with E-state index in [-0.39, 0.29) is 22.8 Å². The molecule has 1 aliphatic rings. The number of hydrogen-bond acceptors (Lipinski definition) is 8. The third-order valence-corrected chi connectivity index (χ3v) is 10.1. The molecule has 0 radical (unpaired) electrons. The number of ether oxygens (including phenoxy) is 1. The Hall–Kier alpha value is -4.98. The zero-order valence-electron chi connectivity index (χ0n) is 30.6. The standard InChI is InChI=1S/C38H41F4N7O4S/c1-35(2,3)53-34(51)45-25-9-7-11-27(20-25)49-30(21-32(47-49)38(40,41)42)33(50)46-29-19-24(15-16-28(29)39)37(18-17-23-13-14-23,48-54(52)36(4,5)6)31-12-8-10-26(22-43)44-31/h7-12,15-16,19-21,23,48H,13-14,17-18H2,1-6H3,(H,45,51)(H,46,50)/t37?,54-/m1/s1. The number of nitrogens with one attached hydrogen (secondary N) is 3. The van der Waals surface area contributed by atoms with Crippen molar-refractivity contribution in [1.29, 1.82) is 5.26 Å². The maximum absolute atomic E-state index is 15.6. The summed E-state index contributed by atoms with van der Waals surface area (Å²) in [5, 5.41) is 18.2. The molecule has 1 fully saturated rings. The number of pyridine rings is 1. The Balaban J connectivity index is 1.57. The van der Waals surface area contributed by atoms with Gasteiger partial charge < -0.3 is 14.6 Å². The predicted octanol–water partition coefficient (Wildman–Crippen LogP) is 8.38. The van der Waals surface area contributed by atoms with E-state index in [0.717, 1.165) is 23.6 Å². The van der Waals surface area contributed by atoms with Gasteiger partial charge in [-0.15, -0.1) is 4.72 Å². The van der Waals surface area contributed by atoms with E-state index in [1.807, 2.05) is 6.07 Å². The normalized spacial score (nSPS) is 15.1. The first-order chi connectivity index (χ1) is 25.2. The topological polar surface area (TPSA) is 157 Å². The Morgan fingerprint density at radius 2 is 1.69 bits per heavy atom. The quantitative estimate of drug-likeness (QED) is 0.102. The highest BCUT2D eigenvalue weighted by atomic mass is 32.2. The van der Waals surface area contributed by atoms with Crippen molar-refractivity contribution in [3.8, 4) is 11.8 Å². The minimum atomic E-state index is -4.95. The lowest BCUT2D eigenvalue weighted by atomic mass is 9.82. The van der Waals surface area contributed by atoms with E-state index in [9.17, 15) is 32.6 Å². The molecule has 1 unspecified atom stereocenters. The van der Waals surface area contributed by atoms with Crippen molar-refractivity contribution < 1.29 is 36.4 Å². The van der Waals surface area contributed by atoms with Crippen LogP contribution in [-0.2, 0) is 27.8 Å². The number of benzene rings is 2. The van der Waals surface area contributed by atoms with Gasteiger partial charge in [0.1, 0.15) is 39.2 Å². The van der Waals surface area contributed by atoms with Crippen LogP contribution in [-0.4, -0.2) is 41.7 Å². The number of halogens is 4. The summed E-state index contributed by atoms with van der Waals surface area (Å²) in [6, 6.07) is 16.9. The van der Waals surface area contributed by atoms with Crippen LogP contribution in [0.25, 0.3) is 5.69 Å². The third-order valence-electron chi connectivity index (χ3n) is 8.42. The van der Waals surface area contributed by atoms with Crippen molar-refractivity contribution in [2.45, 2.75) is 89.3 Å². The first-order valence-electron chi connectivity index (χ1n) is 17.1. The Labute approximate surface area is 313 Å². The van der Waals surface area contributed by atoms with Gasteiger partial charge in [-0.2, -0.15) is 23.5 Å². The molecule has 0 spiro atoms. The van der Waals surface area contributed by atoms with Crippen LogP contribution in [0.5, 0.6) is 0 Å². The summed E-state index contributed by atoms with van der Waals surface area (Å²) in [5.41, 5.74) is -3.59. The fraction of sp³-hybridized carbons (Fsp3) is 0.395. The van der Waals surface area contributed by atoms with Crippen LogP contribution < -0.4 is 15.4 Å². The first kappa shape index (κ1) is 40.2. The second-order valence-electron chi connectivity index (χ2n) is 15.0. The van der Waals surface area contributed by atoms with Crippen molar-refractivity contribution in [2.24, 2.45) is 5.92 Å². The van der Waals surface area contributed by atoms with Crippen molar-refractivity contribution in [2.75, 3.05) is 10.6 Å². The second-order valence-corrected chi connectivity index (χ2v) is 17.0. The van der Waals surface area contributed by atoms with Gasteiger partial charge in [0.15, 0.2) is 5.69 Å². The van der Waals surface area contributed by atoms with E-state index in [1.165, 1.54) is 42.5 Å². The monoisotopic (exact) mass is 767 g/mol. The number of nitrogens with zero attached hydrogens (tertiary/aromatic N) is 4. The number of amides is 2. The highest BCUT2D eigenvalue weighted by molar-refractivity contribution is 7.90. The first-order valence-corrected chi connectivity index (χ1v) is 18.3. The number of alkyl halides is 3. The van der Waals surface area contributed by atoms with E-state index in [0.29, 0.717) is 36.1 Å². The number of rotatable bonds is 11. The third kappa shape index (κ3) is 9.76. The van der Waals surface area contributed by atoms with Crippen LogP contribution >= 0.6 is 0 Å². The molecule has 0 bridgehead atoms. The smallest absolute Gasteiger partial charge is 0.435 e. The van der Waals surface area contributed by atoms with Crippen LogP contribution in [0.2, 0.25) is 0 Å². The Morgan fingerprint density at radius 3 is 2.31 bits per heavy atom. The minimum absolute atomic E-state index is 0.0187. The summed E-state index contributed by atoms with van der Waals surface area (Å²) < 4.78 is 79.8. The largest absolute Gasteiger partial charge is 0.598 e. The molecular formula is C38H41F4N7O4S. The van der Waals surface area contributed by atoms with Crippen molar-refractivity contribution in [3.05, 3.63) is 101 Å². The number of carbonyl (C=O) groups excluding carboxylic acids is 2. The van der Waals surface area contributed by atoms with Gasteiger partial charge in [0, 0.05) is 23.1 Å². The van der Waals surface area contributed by atoms with E-state index < -0.39 is 62.6 Å². The molecule has 286 valence electrons. The lowest BCUT2D eigenvalue weighted by Gasteiger charge is -2.38. The molecule has 2 aromatic carbocycles. The van der Waals surface area contributed by atoms with Crippen LogP contribution in [0, 0.1) is 23.1 Å². The van der Waals surface area contributed by atoms with Crippen molar-refractivity contribution in [1.82, 2.24) is 19.5 Å². The predicted molar refractivity (Wildman–Crippen MR) is 195 cm³/mol. The molecule has 2 atom stereocenters. The Kier molecular flexibility index (Phi) is 11.5. The molecular weight excluding hydrogens is 727 g/mol. The minimum Gasteiger partial charge on any atom is -0.598 e. The molecule has 16 heteroatoms. The van der Waals surface area contributed by atoms with Gasteiger partial charge >= 0.3 is 12.3 Å². The van der Waals surface area contributed by atoms with Gasteiger partial charge in [0.05, 0.1) is 17.1 Å². The summed E-state index contributed by atoms with van der Waals surface area (Å²) in [6.45, 7) is 10.3. The lowest BCUT2D eigenvalue weighted by molar-refractivity contribution is -0.141. The fourth-order valence-electron chi connectivity index (χ4n) is 5.54.